The first-order valence-electron chi connectivity index (χ1n) is 5.38. The van der Waals surface area contributed by atoms with Crippen molar-refractivity contribution in [2.24, 2.45) is 0 Å². The summed E-state index contributed by atoms with van der Waals surface area (Å²) in [5, 5.41) is 14.9. The number of hydrogen-bond donors (Lipinski definition) is 1. The first-order valence-corrected chi connectivity index (χ1v) is 7.02. The van der Waals surface area contributed by atoms with Crippen LogP contribution in [0.25, 0.3) is 11.1 Å². The Morgan fingerprint density at radius 2 is 2.15 bits per heavy atom. The number of rotatable bonds is 2. The van der Waals surface area contributed by atoms with E-state index in [1.807, 2.05) is 0 Å². The molecule has 4 nitrogen and oxygen atoms in total. The van der Waals surface area contributed by atoms with Gasteiger partial charge >= 0.3 is 6.09 Å². The third kappa shape index (κ3) is 2.88. The molecule has 1 heterocycles. The number of methoxy groups -OCH3 is 1. The van der Waals surface area contributed by atoms with E-state index >= 15 is 0 Å². The lowest BCUT2D eigenvalue weighted by atomic mass is 10.0. The van der Waals surface area contributed by atoms with E-state index < -0.39 is 6.09 Å². The second-order valence-electron chi connectivity index (χ2n) is 3.71. The fraction of sp³-hybridized carbons (Fsp3) is 0.0769. The van der Waals surface area contributed by atoms with Crippen LogP contribution >= 0.6 is 34.5 Å². The number of nitriles is 1. The van der Waals surface area contributed by atoms with Crippen molar-refractivity contribution < 1.29 is 9.53 Å². The molecule has 0 saturated carbocycles. The van der Waals surface area contributed by atoms with Gasteiger partial charge < -0.3 is 4.74 Å². The lowest BCUT2D eigenvalue weighted by molar-refractivity contribution is 0.187. The molecule has 0 bridgehead atoms. The minimum absolute atomic E-state index is 0.338. The zero-order valence-corrected chi connectivity index (χ0v) is 12.6. The zero-order valence-electron chi connectivity index (χ0n) is 10.2. The minimum Gasteiger partial charge on any atom is -0.453 e. The van der Waals surface area contributed by atoms with Crippen LogP contribution in [0.4, 0.5) is 9.80 Å². The average Bonchev–Trinajstić information content (AvgIpc) is 2.81. The second-order valence-corrected chi connectivity index (χ2v) is 5.43. The van der Waals surface area contributed by atoms with Gasteiger partial charge in [-0.05, 0) is 12.1 Å². The molecule has 20 heavy (non-hydrogen) atoms. The van der Waals surface area contributed by atoms with Crippen molar-refractivity contribution in [3.63, 3.8) is 0 Å². The summed E-state index contributed by atoms with van der Waals surface area (Å²) in [5.74, 6) is 0. The van der Waals surface area contributed by atoms with E-state index in [1.54, 1.807) is 23.6 Å². The number of hydrogen-bond acceptors (Lipinski definition) is 4. The van der Waals surface area contributed by atoms with Gasteiger partial charge in [-0.3, -0.25) is 5.32 Å². The number of ether oxygens (including phenoxy) is 1. The summed E-state index contributed by atoms with van der Waals surface area (Å²) in [5.41, 5.74) is 1.66. The SMILES string of the molecule is COC(=O)Nc1scc(-c2ccc(Cl)cc2Cl)c1C#N. The highest BCUT2D eigenvalue weighted by molar-refractivity contribution is 7.15. The third-order valence-electron chi connectivity index (χ3n) is 2.53. The van der Waals surface area contributed by atoms with Crippen molar-refractivity contribution >= 4 is 45.6 Å². The molecule has 2 rings (SSSR count). The fourth-order valence-electron chi connectivity index (χ4n) is 1.61. The van der Waals surface area contributed by atoms with Gasteiger partial charge in [0.25, 0.3) is 0 Å². The Morgan fingerprint density at radius 1 is 1.40 bits per heavy atom. The lowest BCUT2D eigenvalue weighted by Crippen LogP contribution is -2.10. The first-order chi connectivity index (χ1) is 9.56. The molecular weight excluding hydrogens is 319 g/mol. The van der Waals surface area contributed by atoms with Crippen LogP contribution in [0.1, 0.15) is 5.56 Å². The van der Waals surface area contributed by atoms with Gasteiger partial charge in [0.2, 0.25) is 0 Å². The number of nitrogens with one attached hydrogen (secondary N) is 1. The van der Waals surface area contributed by atoms with Gasteiger partial charge in [0.15, 0.2) is 0 Å². The Morgan fingerprint density at radius 3 is 2.75 bits per heavy atom. The van der Waals surface area contributed by atoms with E-state index in [1.165, 1.54) is 18.4 Å². The predicted molar refractivity (Wildman–Crippen MR) is 80.5 cm³/mol. The van der Waals surface area contributed by atoms with Crippen molar-refractivity contribution in [2.45, 2.75) is 0 Å². The van der Waals surface area contributed by atoms with Gasteiger partial charge in [-0.15, -0.1) is 11.3 Å². The maximum atomic E-state index is 11.2. The highest BCUT2D eigenvalue weighted by Crippen LogP contribution is 2.39. The highest BCUT2D eigenvalue weighted by atomic mass is 35.5. The van der Waals surface area contributed by atoms with Crippen LogP contribution in [0.2, 0.25) is 10.0 Å². The molecule has 102 valence electrons. The maximum Gasteiger partial charge on any atom is 0.411 e. The monoisotopic (exact) mass is 326 g/mol. The number of amides is 1. The number of carbonyl (C=O) groups excluding carboxylic acids is 1. The number of thiophene rings is 1. The summed E-state index contributed by atoms with van der Waals surface area (Å²) in [6.07, 6.45) is -0.628. The summed E-state index contributed by atoms with van der Waals surface area (Å²) in [6, 6.07) is 7.09. The van der Waals surface area contributed by atoms with Crippen molar-refractivity contribution in [1.29, 1.82) is 5.26 Å². The molecule has 2 aromatic rings. The van der Waals surface area contributed by atoms with Crippen LogP contribution < -0.4 is 5.32 Å². The minimum atomic E-state index is -0.628. The van der Waals surface area contributed by atoms with Crippen molar-refractivity contribution in [2.75, 3.05) is 12.4 Å². The first kappa shape index (κ1) is 14.7. The van der Waals surface area contributed by atoms with Gasteiger partial charge in [-0.1, -0.05) is 29.3 Å². The predicted octanol–water partition coefficient (Wildman–Crippen LogP) is 4.77. The maximum absolute atomic E-state index is 11.2. The Labute approximate surface area is 129 Å². The zero-order chi connectivity index (χ0) is 14.7. The summed E-state index contributed by atoms with van der Waals surface area (Å²) < 4.78 is 4.51. The standard InChI is InChI=1S/C13H8Cl2N2O2S/c1-19-13(18)17-12-9(5-16)10(6-20-12)8-3-2-7(14)4-11(8)15/h2-4,6H,1H3,(H,17,18). The van der Waals surface area contributed by atoms with Gasteiger partial charge in [0.1, 0.15) is 11.1 Å². The largest absolute Gasteiger partial charge is 0.453 e. The summed E-state index contributed by atoms with van der Waals surface area (Å²) in [7, 11) is 1.26. The fourth-order valence-corrected chi connectivity index (χ4v) is 3.02. The molecule has 0 aliphatic heterocycles. The lowest BCUT2D eigenvalue weighted by Gasteiger charge is -2.04. The molecule has 1 N–H and O–H groups in total. The summed E-state index contributed by atoms with van der Waals surface area (Å²) >= 11 is 13.2. The molecule has 0 spiro atoms. The molecule has 0 unspecified atom stereocenters. The number of halogens is 2. The molecule has 7 heteroatoms. The van der Waals surface area contributed by atoms with E-state index in [4.69, 9.17) is 23.2 Å². The van der Waals surface area contributed by atoms with Gasteiger partial charge in [0, 0.05) is 26.6 Å². The molecular formula is C13H8Cl2N2O2S. The molecule has 0 aliphatic rings. The van der Waals surface area contributed by atoms with Crippen LogP contribution in [0.15, 0.2) is 23.6 Å². The smallest absolute Gasteiger partial charge is 0.411 e. The number of carbonyl (C=O) groups is 1. The van der Waals surface area contributed by atoms with Gasteiger partial charge in [0.05, 0.1) is 12.7 Å². The van der Waals surface area contributed by atoms with E-state index in [2.05, 4.69) is 16.1 Å². The van der Waals surface area contributed by atoms with Gasteiger partial charge in [-0.25, -0.2) is 4.79 Å². The quantitative estimate of drug-likeness (QED) is 0.864. The summed E-state index contributed by atoms with van der Waals surface area (Å²) in [6.45, 7) is 0. The Kier molecular flexibility index (Phi) is 4.50. The Bertz CT molecular complexity index is 707. The van der Waals surface area contributed by atoms with Crippen LogP contribution in [0.3, 0.4) is 0 Å². The Hall–Kier alpha value is -1.74. The second kappa shape index (κ2) is 6.14. The van der Waals surface area contributed by atoms with Crippen molar-refractivity contribution in [1.82, 2.24) is 0 Å². The Balaban J connectivity index is 2.48. The van der Waals surface area contributed by atoms with Crippen LogP contribution in [-0.2, 0) is 4.74 Å². The highest BCUT2D eigenvalue weighted by Gasteiger charge is 2.17. The van der Waals surface area contributed by atoms with Crippen molar-refractivity contribution in [3.8, 4) is 17.2 Å². The molecule has 1 amide bonds. The molecule has 1 aromatic carbocycles. The van der Waals surface area contributed by atoms with E-state index in [-0.39, 0.29) is 0 Å². The van der Waals surface area contributed by atoms with Crippen molar-refractivity contribution in [3.05, 3.63) is 39.2 Å². The van der Waals surface area contributed by atoms with Crippen LogP contribution in [0.5, 0.6) is 0 Å². The molecule has 0 atom stereocenters. The van der Waals surface area contributed by atoms with E-state index in [9.17, 15) is 10.1 Å². The van der Waals surface area contributed by atoms with Crippen LogP contribution in [0, 0.1) is 11.3 Å². The molecule has 0 radical (unpaired) electrons. The average molecular weight is 327 g/mol. The van der Waals surface area contributed by atoms with E-state index in [0.29, 0.717) is 31.7 Å². The third-order valence-corrected chi connectivity index (χ3v) is 3.97. The van der Waals surface area contributed by atoms with E-state index in [0.717, 1.165) is 0 Å². The number of nitrogens with zero attached hydrogens (tertiary/aromatic N) is 1. The van der Waals surface area contributed by atoms with Crippen LogP contribution in [-0.4, -0.2) is 13.2 Å². The summed E-state index contributed by atoms with van der Waals surface area (Å²) in [4.78, 5) is 11.2. The van der Waals surface area contributed by atoms with Gasteiger partial charge in [-0.2, -0.15) is 5.26 Å². The molecule has 1 aromatic heterocycles. The molecule has 0 fully saturated rings. The molecule has 0 aliphatic carbocycles. The number of anilines is 1. The molecule has 0 saturated heterocycles. The normalized spacial score (nSPS) is 9.90. The number of benzene rings is 1. The topological polar surface area (TPSA) is 62.1 Å².